The average molecular weight is 141 g/mol. The summed E-state index contributed by atoms with van der Waals surface area (Å²) in [5.74, 6) is 0.139. The molecule has 1 fully saturated rings. The van der Waals surface area contributed by atoms with E-state index in [1.807, 2.05) is 0 Å². The van der Waals surface area contributed by atoms with Crippen molar-refractivity contribution in [3.63, 3.8) is 0 Å². The highest BCUT2D eigenvalue weighted by atomic mass is 16.2. The fourth-order valence-electron chi connectivity index (χ4n) is 1.07. The van der Waals surface area contributed by atoms with Gasteiger partial charge in [0.25, 0.3) is 0 Å². The molecule has 0 aliphatic carbocycles. The maximum atomic E-state index is 10.9. The molecule has 3 heteroatoms. The van der Waals surface area contributed by atoms with Crippen LogP contribution in [0.25, 0.3) is 0 Å². The van der Waals surface area contributed by atoms with E-state index in [-0.39, 0.29) is 12.5 Å². The number of carbonyl (C=O) groups is 1. The first-order valence-electron chi connectivity index (χ1n) is 3.32. The van der Waals surface area contributed by atoms with Crippen molar-refractivity contribution in [2.75, 3.05) is 13.7 Å². The minimum absolute atomic E-state index is 0.0208. The van der Waals surface area contributed by atoms with Crippen LogP contribution in [0.3, 0.4) is 0 Å². The molecule has 1 N–H and O–H groups in total. The highest BCUT2D eigenvalue weighted by molar-refractivity contribution is 5.80. The van der Waals surface area contributed by atoms with E-state index in [9.17, 15) is 4.79 Å². The molecule has 0 aromatic heterocycles. The Bertz CT molecular complexity index is 174. The molecule has 56 valence electrons. The second-order valence-electron chi connectivity index (χ2n) is 2.33. The van der Waals surface area contributed by atoms with E-state index in [2.05, 4.69) is 0 Å². The molecule has 0 aromatic rings. The number of aliphatic hydroxyl groups is 1. The smallest absolute Gasteiger partial charge is 0.226 e. The molecule has 0 unspecified atom stereocenters. The van der Waals surface area contributed by atoms with Crippen LogP contribution in [-0.4, -0.2) is 29.6 Å². The Morgan fingerprint density at radius 1 is 1.70 bits per heavy atom. The highest BCUT2D eigenvalue weighted by Gasteiger charge is 2.20. The Labute approximate surface area is 59.9 Å². The van der Waals surface area contributed by atoms with Gasteiger partial charge in [-0.3, -0.25) is 4.79 Å². The summed E-state index contributed by atoms with van der Waals surface area (Å²) in [6.07, 6.45) is 3.03. The van der Waals surface area contributed by atoms with Gasteiger partial charge in [-0.05, 0) is 12.5 Å². The lowest BCUT2D eigenvalue weighted by Crippen LogP contribution is -2.17. The normalized spacial score (nSPS) is 22.8. The predicted octanol–water partition coefficient (Wildman–Crippen LogP) is 0.115. The van der Waals surface area contributed by atoms with Gasteiger partial charge in [-0.15, -0.1) is 0 Å². The lowest BCUT2D eigenvalue weighted by molar-refractivity contribution is -0.125. The molecule has 1 aliphatic heterocycles. The Morgan fingerprint density at radius 2 is 2.40 bits per heavy atom. The van der Waals surface area contributed by atoms with Crippen LogP contribution in [-0.2, 0) is 4.79 Å². The third-order valence-electron chi connectivity index (χ3n) is 1.73. The summed E-state index contributed by atoms with van der Waals surface area (Å²) in [5.41, 5.74) is 0.938. The topological polar surface area (TPSA) is 40.5 Å². The lowest BCUT2D eigenvalue weighted by atomic mass is 10.3. The van der Waals surface area contributed by atoms with E-state index in [4.69, 9.17) is 5.11 Å². The molecule has 1 aliphatic rings. The molecule has 0 saturated carbocycles. The average Bonchev–Trinajstić information content (AvgIpc) is 2.20. The largest absolute Gasteiger partial charge is 0.392 e. The van der Waals surface area contributed by atoms with Crippen LogP contribution in [0.2, 0.25) is 0 Å². The van der Waals surface area contributed by atoms with Crippen molar-refractivity contribution < 1.29 is 9.90 Å². The van der Waals surface area contributed by atoms with Crippen molar-refractivity contribution in [3.05, 3.63) is 11.8 Å². The first kappa shape index (κ1) is 7.28. The second-order valence-corrected chi connectivity index (χ2v) is 2.33. The number of hydrogen-bond acceptors (Lipinski definition) is 2. The van der Waals surface area contributed by atoms with Crippen LogP contribution < -0.4 is 0 Å². The molecule has 0 aromatic carbocycles. The van der Waals surface area contributed by atoms with Crippen molar-refractivity contribution in [3.8, 4) is 0 Å². The van der Waals surface area contributed by atoms with Gasteiger partial charge in [0.15, 0.2) is 0 Å². The standard InChI is InChI=1S/C7H11NO2/c1-8-6(4-5-9)2-3-7(8)10/h4,9H,2-3,5H2,1H3. The molecule has 1 heterocycles. The maximum absolute atomic E-state index is 10.9. The van der Waals surface area contributed by atoms with Crippen molar-refractivity contribution >= 4 is 5.91 Å². The summed E-state index contributed by atoms with van der Waals surface area (Å²) in [5, 5.41) is 8.52. The number of nitrogens with zero attached hydrogens (tertiary/aromatic N) is 1. The fraction of sp³-hybridized carbons (Fsp3) is 0.571. The molecule has 10 heavy (non-hydrogen) atoms. The Hall–Kier alpha value is -0.830. The van der Waals surface area contributed by atoms with Crippen molar-refractivity contribution in [1.29, 1.82) is 0 Å². The maximum Gasteiger partial charge on any atom is 0.226 e. The first-order chi connectivity index (χ1) is 4.75. The molecule has 0 atom stereocenters. The number of carbonyl (C=O) groups excluding carboxylic acids is 1. The zero-order chi connectivity index (χ0) is 7.56. The summed E-state index contributed by atoms with van der Waals surface area (Å²) >= 11 is 0. The van der Waals surface area contributed by atoms with Gasteiger partial charge < -0.3 is 10.0 Å². The van der Waals surface area contributed by atoms with Crippen molar-refractivity contribution in [1.82, 2.24) is 4.90 Å². The van der Waals surface area contributed by atoms with E-state index < -0.39 is 0 Å². The van der Waals surface area contributed by atoms with Gasteiger partial charge in [0.2, 0.25) is 5.91 Å². The summed E-state index contributed by atoms with van der Waals surface area (Å²) in [7, 11) is 1.73. The van der Waals surface area contributed by atoms with Crippen LogP contribution in [0.15, 0.2) is 11.8 Å². The Morgan fingerprint density at radius 3 is 2.80 bits per heavy atom. The molecule has 0 bridgehead atoms. The molecule has 0 radical (unpaired) electrons. The van der Waals surface area contributed by atoms with Crippen LogP contribution >= 0.6 is 0 Å². The predicted molar refractivity (Wildman–Crippen MR) is 37.2 cm³/mol. The van der Waals surface area contributed by atoms with E-state index >= 15 is 0 Å². The van der Waals surface area contributed by atoms with Crippen molar-refractivity contribution in [2.24, 2.45) is 0 Å². The summed E-state index contributed by atoms with van der Waals surface area (Å²) in [6, 6.07) is 0. The number of hydrogen-bond donors (Lipinski definition) is 1. The van der Waals surface area contributed by atoms with Gasteiger partial charge in [0, 0.05) is 19.2 Å². The van der Waals surface area contributed by atoms with E-state index in [1.54, 1.807) is 18.0 Å². The van der Waals surface area contributed by atoms with Gasteiger partial charge in [-0.1, -0.05) is 0 Å². The monoisotopic (exact) mass is 141 g/mol. The third kappa shape index (κ3) is 1.19. The summed E-state index contributed by atoms with van der Waals surface area (Å²) in [6.45, 7) is 0.0208. The van der Waals surface area contributed by atoms with Crippen molar-refractivity contribution in [2.45, 2.75) is 12.8 Å². The molecule has 1 saturated heterocycles. The van der Waals surface area contributed by atoms with Crippen LogP contribution in [0.1, 0.15) is 12.8 Å². The molecular weight excluding hydrogens is 130 g/mol. The molecular formula is C7H11NO2. The first-order valence-corrected chi connectivity index (χ1v) is 3.32. The van der Waals surface area contributed by atoms with E-state index in [0.717, 1.165) is 12.1 Å². The zero-order valence-electron chi connectivity index (χ0n) is 6.00. The molecule has 3 nitrogen and oxygen atoms in total. The molecule has 0 spiro atoms. The van der Waals surface area contributed by atoms with Crippen LogP contribution in [0.4, 0.5) is 0 Å². The van der Waals surface area contributed by atoms with E-state index in [1.165, 1.54) is 0 Å². The second kappa shape index (κ2) is 2.84. The van der Waals surface area contributed by atoms with Gasteiger partial charge in [0.05, 0.1) is 6.61 Å². The number of aliphatic hydroxyl groups excluding tert-OH is 1. The zero-order valence-corrected chi connectivity index (χ0v) is 6.00. The number of likely N-dealkylation sites (tertiary alicyclic amines) is 1. The Balaban J connectivity index is 2.65. The summed E-state index contributed by atoms with van der Waals surface area (Å²) < 4.78 is 0. The summed E-state index contributed by atoms with van der Waals surface area (Å²) in [4.78, 5) is 12.5. The van der Waals surface area contributed by atoms with Gasteiger partial charge >= 0.3 is 0 Å². The van der Waals surface area contributed by atoms with Gasteiger partial charge in [0.1, 0.15) is 0 Å². The lowest BCUT2D eigenvalue weighted by Gasteiger charge is -2.09. The fourth-order valence-corrected chi connectivity index (χ4v) is 1.07. The quantitative estimate of drug-likeness (QED) is 0.563. The van der Waals surface area contributed by atoms with Gasteiger partial charge in [-0.25, -0.2) is 0 Å². The number of allylic oxidation sites excluding steroid dienone is 1. The third-order valence-corrected chi connectivity index (χ3v) is 1.73. The van der Waals surface area contributed by atoms with Gasteiger partial charge in [-0.2, -0.15) is 0 Å². The SMILES string of the molecule is CN1C(=O)CCC1=CCO. The minimum Gasteiger partial charge on any atom is -0.392 e. The van der Waals surface area contributed by atoms with Crippen LogP contribution in [0, 0.1) is 0 Å². The molecule has 1 rings (SSSR count). The van der Waals surface area contributed by atoms with Crippen LogP contribution in [0.5, 0.6) is 0 Å². The highest BCUT2D eigenvalue weighted by Crippen LogP contribution is 2.19. The minimum atomic E-state index is 0.0208. The molecule has 1 amide bonds. The number of amides is 1. The Kier molecular flexibility index (Phi) is 2.06. The number of rotatable bonds is 1. The van der Waals surface area contributed by atoms with E-state index in [0.29, 0.717) is 6.42 Å².